The summed E-state index contributed by atoms with van der Waals surface area (Å²) in [6.07, 6.45) is 15.5. The number of fused-ring (bicyclic) bond motifs is 12. The molecule has 0 saturated heterocycles. The highest BCUT2D eigenvalue weighted by Gasteiger charge is 2.52. The maximum Gasteiger partial charge on any atom is 0.0722 e. The van der Waals surface area contributed by atoms with Gasteiger partial charge in [-0.3, -0.25) is 0 Å². The number of para-hydroxylation sites is 1. The third kappa shape index (κ3) is 5.51. The highest BCUT2D eigenvalue weighted by atomic mass is 15.1. The minimum absolute atomic E-state index is 0.363. The maximum atomic E-state index is 2.61. The Labute approximate surface area is 377 Å². The normalized spacial score (nSPS) is 18.8. The minimum Gasteiger partial charge on any atom is -0.317 e. The van der Waals surface area contributed by atoms with Crippen LogP contribution in [0.4, 0.5) is 17.1 Å². The molecule has 1 unspecified atom stereocenters. The monoisotopic (exact) mass is 822 g/mol. The number of anilines is 3. The molecule has 0 amide bonds. The molecule has 1 spiro atoms. The van der Waals surface area contributed by atoms with Gasteiger partial charge in [0.05, 0.1) is 5.41 Å². The van der Waals surface area contributed by atoms with Crippen LogP contribution in [-0.4, -0.2) is 4.57 Å². The van der Waals surface area contributed by atoms with E-state index in [9.17, 15) is 0 Å². The molecule has 1 aromatic heterocycles. The molecule has 1 heterocycles. The van der Waals surface area contributed by atoms with E-state index in [2.05, 4.69) is 211 Å². The number of aromatic nitrogens is 1. The van der Waals surface area contributed by atoms with Crippen molar-refractivity contribution in [2.45, 2.75) is 57.3 Å². The van der Waals surface area contributed by atoms with Crippen molar-refractivity contribution in [2.75, 3.05) is 4.90 Å². The second-order valence-electron chi connectivity index (χ2n) is 18.6. The number of hydrogen-bond acceptors (Lipinski definition) is 1. The smallest absolute Gasteiger partial charge is 0.0722 e. The molecule has 5 aliphatic rings. The zero-order valence-electron chi connectivity index (χ0n) is 36.4. The van der Waals surface area contributed by atoms with Crippen molar-refractivity contribution in [3.63, 3.8) is 0 Å². The first-order chi connectivity index (χ1) is 31.7. The summed E-state index contributed by atoms with van der Waals surface area (Å²) < 4.78 is 2.61. The molecule has 5 aliphatic carbocycles. The molecule has 0 aliphatic heterocycles. The Bertz CT molecular complexity index is 3230. The first kappa shape index (κ1) is 37.4. The summed E-state index contributed by atoms with van der Waals surface area (Å²) in [4.78, 5) is 2.48. The van der Waals surface area contributed by atoms with Crippen LogP contribution in [0.25, 0.3) is 45.2 Å². The van der Waals surface area contributed by atoms with E-state index in [1.165, 1.54) is 114 Å². The molecular weight excluding hydrogens is 773 g/mol. The Hall–Kier alpha value is -7.16. The number of allylic oxidation sites excluding steroid dienone is 5. The summed E-state index contributed by atoms with van der Waals surface area (Å²) in [5.41, 5.74) is 26.9. The zero-order chi connectivity index (χ0) is 42.4. The SMILES string of the molecule is CC1Cc2c(c3c(n2-c2ccccc2)CCCC3)C=C1c1ccc(N(c2ccc(-c3ccccc3)cc2)c2ccc3c(c2)[C@]2(C4=C(CCC=C4)c4ccccc42)c2ccccc2-3)cc1. The first-order valence-electron chi connectivity index (χ1n) is 23.5. The summed E-state index contributed by atoms with van der Waals surface area (Å²) in [5, 5.41) is 0. The van der Waals surface area contributed by atoms with E-state index in [4.69, 9.17) is 0 Å². The van der Waals surface area contributed by atoms with Crippen LogP contribution in [0.3, 0.4) is 0 Å². The van der Waals surface area contributed by atoms with E-state index < -0.39 is 0 Å². The fraction of sp³-hybridized carbons (Fsp3) is 0.161. The van der Waals surface area contributed by atoms with Crippen molar-refractivity contribution < 1.29 is 0 Å². The Morgan fingerprint density at radius 2 is 1.14 bits per heavy atom. The maximum absolute atomic E-state index is 2.61. The van der Waals surface area contributed by atoms with Gasteiger partial charge in [0.15, 0.2) is 0 Å². The summed E-state index contributed by atoms with van der Waals surface area (Å²) in [6, 6.07) is 66.1. The third-order valence-electron chi connectivity index (χ3n) is 15.2. The van der Waals surface area contributed by atoms with Crippen molar-refractivity contribution in [2.24, 2.45) is 5.92 Å². The van der Waals surface area contributed by atoms with Gasteiger partial charge in [-0.25, -0.2) is 0 Å². The average molecular weight is 823 g/mol. The highest BCUT2D eigenvalue weighted by Crippen LogP contribution is 2.64. The predicted molar refractivity (Wildman–Crippen MR) is 267 cm³/mol. The van der Waals surface area contributed by atoms with Crippen molar-refractivity contribution >= 4 is 34.3 Å². The van der Waals surface area contributed by atoms with Crippen LogP contribution in [0.5, 0.6) is 0 Å². The lowest BCUT2D eigenvalue weighted by molar-refractivity contribution is 0.653. The zero-order valence-corrected chi connectivity index (χ0v) is 36.4. The predicted octanol–water partition coefficient (Wildman–Crippen LogP) is 15.7. The van der Waals surface area contributed by atoms with E-state index in [0.29, 0.717) is 5.92 Å². The van der Waals surface area contributed by atoms with Gasteiger partial charge in [0.2, 0.25) is 0 Å². The lowest BCUT2D eigenvalue weighted by Gasteiger charge is -2.33. The van der Waals surface area contributed by atoms with Gasteiger partial charge < -0.3 is 9.47 Å². The molecular formula is C62H50N2. The van der Waals surface area contributed by atoms with E-state index in [-0.39, 0.29) is 5.41 Å². The van der Waals surface area contributed by atoms with Crippen molar-refractivity contribution in [1.82, 2.24) is 4.57 Å². The molecule has 0 radical (unpaired) electrons. The summed E-state index contributed by atoms with van der Waals surface area (Å²) in [7, 11) is 0. The van der Waals surface area contributed by atoms with Crippen LogP contribution < -0.4 is 4.90 Å². The van der Waals surface area contributed by atoms with Gasteiger partial charge in [-0.15, -0.1) is 0 Å². The van der Waals surface area contributed by atoms with E-state index in [1.54, 1.807) is 5.56 Å². The largest absolute Gasteiger partial charge is 0.317 e. The van der Waals surface area contributed by atoms with Crippen molar-refractivity contribution in [3.8, 4) is 27.9 Å². The van der Waals surface area contributed by atoms with Crippen molar-refractivity contribution in [1.29, 1.82) is 0 Å². The van der Waals surface area contributed by atoms with Crippen LogP contribution in [0.1, 0.15) is 82.9 Å². The van der Waals surface area contributed by atoms with Crippen LogP contribution in [0.15, 0.2) is 194 Å². The molecule has 308 valence electrons. The van der Waals surface area contributed by atoms with E-state index in [1.807, 2.05) is 0 Å². The van der Waals surface area contributed by atoms with Gasteiger partial charge in [0, 0.05) is 34.1 Å². The molecule has 0 bridgehead atoms. The topological polar surface area (TPSA) is 8.17 Å². The minimum atomic E-state index is -0.363. The average Bonchev–Trinajstić information content (AvgIpc) is 3.96. The van der Waals surface area contributed by atoms with Crippen molar-refractivity contribution in [3.05, 3.63) is 244 Å². The Balaban J connectivity index is 0.954. The molecule has 8 aromatic rings. The molecule has 64 heavy (non-hydrogen) atoms. The molecule has 7 aromatic carbocycles. The quantitative estimate of drug-likeness (QED) is 0.162. The summed E-state index contributed by atoms with van der Waals surface area (Å²) >= 11 is 0. The Kier molecular flexibility index (Phi) is 8.60. The van der Waals surface area contributed by atoms with Crippen LogP contribution >= 0.6 is 0 Å². The van der Waals surface area contributed by atoms with Gasteiger partial charge in [0.1, 0.15) is 0 Å². The second kappa shape index (κ2) is 14.7. The van der Waals surface area contributed by atoms with Gasteiger partial charge in [-0.05, 0) is 183 Å². The van der Waals surface area contributed by atoms with E-state index in [0.717, 1.165) is 37.1 Å². The fourth-order valence-corrected chi connectivity index (χ4v) is 12.4. The molecule has 2 heteroatoms. The number of rotatable bonds is 6. The van der Waals surface area contributed by atoms with Gasteiger partial charge in [0.25, 0.3) is 0 Å². The molecule has 0 N–H and O–H groups in total. The number of benzene rings is 7. The standard InChI is InChI=1S/C62H50N2/c1-41-38-61-55(53-23-11-15-27-60(53)64(61)45-18-6-3-7-19-45)40-54(41)44-30-34-47(35-31-44)63(46-32-28-43(29-33-46)42-16-4-2-5-17-42)48-36-37-52-51-22-10-14-26-58(51)62(59(52)39-48)56-24-12-8-20-49(56)50-21-9-13-25-57(50)62/h2-8,10,12-14,16-20,22,24-26,28-37,39-41H,9,11,15,21,23,27,38H2,1H3/t41?,62-/m1/s1. The molecule has 13 rings (SSSR count). The summed E-state index contributed by atoms with van der Waals surface area (Å²) in [6.45, 7) is 2.42. The number of hydrogen-bond donors (Lipinski definition) is 0. The molecule has 0 saturated carbocycles. The van der Waals surface area contributed by atoms with Crippen LogP contribution in [0.2, 0.25) is 0 Å². The summed E-state index contributed by atoms with van der Waals surface area (Å²) in [5.74, 6) is 0.399. The van der Waals surface area contributed by atoms with Gasteiger partial charge in [-0.2, -0.15) is 0 Å². The second-order valence-corrected chi connectivity index (χ2v) is 18.6. The highest BCUT2D eigenvalue weighted by molar-refractivity contribution is 5.97. The number of nitrogens with zero attached hydrogens (tertiary/aromatic N) is 2. The molecule has 0 fully saturated rings. The molecule has 2 nitrogen and oxygen atoms in total. The van der Waals surface area contributed by atoms with Crippen LogP contribution in [0, 0.1) is 5.92 Å². The Morgan fingerprint density at radius 3 is 1.91 bits per heavy atom. The van der Waals surface area contributed by atoms with Gasteiger partial charge >= 0.3 is 0 Å². The van der Waals surface area contributed by atoms with Crippen LogP contribution in [-0.2, 0) is 24.7 Å². The fourth-order valence-electron chi connectivity index (χ4n) is 12.4. The van der Waals surface area contributed by atoms with E-state index >= 15 is 0 Å². The molecule has 2 atom stereocenters. The first-order valence-corrected chi connectivity index (χ1v) is 23.5. The Morgan fingerprint density at radius 1 is 0.531 bits per heavy atom. The lowest BCUT2D eigenvalue weighted by atomic mass is 9.69. The van der Waals surface area contributed by atoms with Gasteiger partial charge in [-0.1, -0.05) is 146 Å². The lowest BCUT2D eigenvalue weighted by Crippen LogP contribution is -2.27. The third-order valence-corrected chi connectivity index (χ3v) is 15.2.